The molecule has 3 heterocycles. The van der Waals surface area contributed by atoms with E-state index in [2.05, 4.69) is 45.8 Å². The molecule has 35 heavy (non-hydrogen) atoms. The maximum Gasteiger partial charge on any atom is 0.273 e. The van der Waals surface area contributed by atoms with Crippen molar-refractivity contribution >= 4 is 15.9 Å². The molecule has 0 aliphatic heterocycles. The number of hydrogen-bond acceptors (Lipinski definition) is 5. The highest BCUT2D eigenvalue weighted by molar-refractivity contribution is 9.10. The number of aryl methyl sites for hydroxylation is 4. The maximum absolute atomic E-state index is 13.5. The van der Waals surface area contributed by atoms with Crippen LogP contribution in [0.4, 0.5) is 0 Å². The lowest BCUT2D eigenvalue weighted by Crippen LogP contribution is -2.23. The van der Waals surface area contributed by atoms with Crippen LogP contribution in [-0.4, -0.2) is 19.5 Å². The molecule has 0 atom stereocenters. The second-order valence-corrected chi connectivity index (χ2v) is 9.95. The molecule has 6 nitrogen and oxygen atoms in total. The normalized spacial score (nSPS) is 11.2. The fourth-order valence-electron chi connectivity index (χ4n) is 3.93. The van der Waals surface area contributed by atoms with Crippen molar-refractivity contribution in [3.05, 3.63) is 97.4 Å². The van der Waals surface area contributed by atoms with Crippen molar-refractivity contribution in [3.8, 4) is 22.8 Å². The van der Waals surface area contributed by atoms with Gasteiger partial charge in [0.15, 0.2) is 0 Å². The summed E-state index contributed by atoms with van der Waals surface area (Å²) in [6.45, 7) is 12.4. The molecular formula is C28H29BrN4O2. The van der Waals surface area contributed by atoms with Crippen LogP contribution in [0.25, 0.3) is 17.1 Å². The van der Waals surface area contributed by atoms with Crippen LogP contribution in [-0.2, 0) is 6.61 Å². The van der Waals surface area contributed by atoms with E-state index in [0.29, 0.717) is 22.5 Å². The molecule has 0 saturated heterocycles. The Morgan fingerprint density at radius 2 is 1.74 bits per heavy atom. The summed E-state index contributed by atoms with van der Waals surface area (Å²) in [7, 11) is 0. The highest BCUT2D eigenvalue weighted by Crippen LogP contribution is 2.28. The molecule has 0 radical (unpaired) electrons. The zero-order chi connectivity index (χ0) is 25.3. The first-order valence-electron chi connectivity index (χ1n) is 11.6. The lowest BCUT2D eigenvalue weighted by molar-refractivity contribution is 0.302. The van der Waals surface area contributed by atoms with E-state index in [1.54, 1.807) is 10.8 Å². The highest BCUT2D eigenvalue weighted by atomic mass is 79.9. The van der Waals surface area contributed by atoms with Gasteiger partial charge in [-0.3, -0.25) is 14.3 Å². The van der Waals surface area contributed by atoms with Gasteiger partial charge >= 0.3 is 0 Å². The van der Waals surface area contributed by atoms with E-state index in [0.717, 1.165) is 39.6 Å². The Morgan fingerprint density at radius 1 is 1.00 bits per heavy atom. The first kappa shape index (κ1) is 24.8. The summed E-state index contributed by atoms with van der Waals surface area (Å²) >= 11 is 3.48. The van der Waals surface area contributed by atoms with Crippen molar-refractivity contribution in [2.75, 3.05) is 0 Å². The molecule has 180 valence electrons. The Hall–Kier alpha value is -3.32. The topological polar surface area (TPSA) is 69.9 Å². The van der Waals surface area contributed by atoms with Gasteiger partial charge in [-0.1, -0.05) is 43.7 Å². The van der Waals surface area contributed by atoms with Gasteiger partial charge in [0, 0.05) is 30.1 Å². The fraction of sp³-hybridized carbons (Fsp3) is 0.286. The Kier molecular flexibility index (Phi) is 7.17. The predicted molar refractivity (Wildman–Crippen MR) is 142 cm³/mol. The summed E-state index contributed by atoms with van der Waals surface area (Å²) in [5, 5.41) is 0. The largest absolute Gasteiger partial charge is 0.487 e. The number of ether oxygens (including phenoxy) is 1. The Labute approximate surface area is 214 Å². The lowest BCUT2D eigenvalue weighted by Gasteiger charge is -2.17. The molecule has 0 saturated carbocycles. The summed E-state index contributed by atoms with van der Waals surface area (Å²) in [4.78, 5) is 27.3. The zero-order valence-electron chi connectivity index (χ0n) is 20.9. The molecular weight excluding hydrogens is 504 g/mol. The second-order valence-electron chi connectivity index (χ2n) is 9.15. The second kappa shape index (κ2) is 10.1. The number of pyridine rings is 2. The molecule has 4 rings (SSSR count). The lowest BCUT2D eigenvalue weighted by atomic mass is 10.1. The van der Waals surface area contributed by atoms with E-state index in [9.17, 15) is 4.79 Å². The van der Waals surface area contributed by atoms with Crippen molar-refractivity contribution in [3.63, 3.8) is 0 Å². The summed E-state index contributed by atoms with van der Waals surface area (Å²) in [6, 6.07) is 11.9. The van der Waals surface area contributed by atoms with E-state index in [1.165, 1.54) is 5.56 Å². The minimum absolute atomic E-state index is 0.188. The Bertz CT molecular complexity index is 1460. The summed E-state index contributed by atoms with van der Waals surface area (Å²) < 4.78 is 8.08. The van der Waals surface area contributed by atoms with E-state index in [1.807, 2.05) is 64.2 Å². The molecule has 7 heteroatoms. The molecule has 0 spiro atoms. The van der Waals surface area contributed by atoms with Crippen LogP contribution in [0.2, 0.25) is 0 Å². The Balaban J connectivity index is 1.75. The number of rotatable bonds is 6. The van der Waals surface area contributed by atoms with Gasteiger partial charge in [-0.15, -0.1) is 0 Å². The van der Waals surface area contributed by atoms with E-state index in [-0.39, 0.29) is 11.5 Å². The third-order valence-corrected chi connectivity index (χ3v) is 6.57. The van der Waals surface area contributed by atoms with Gasteiger partial charge < -0.3 is 4.74 Å². The standard InChI is InChI=1S/C28H29BrN4O2/c1-16(2)27-31-14-19(5)26(32-27)22-12-23(18(4)13-30-22)33-20(6)11-24(25(29)28(33)34)35-15-21-9-7-8-17(3)10-21/h7-14,16H,15H2,1-6H3. The van der Waals surface area contributed by atoms with Gasteiger partial charge in [0.2, 0.25) is 0 Å². The predicted octanol–water partition coefficient (Wildman–Crippen LogP) is 6.39. The number of benzene rings is 1. The van der Waals surface area contributed by atoms with Gasteiger partial charge in [0.1, 0.15) is 22.7 Å². The Morgan fingerprint density at radius 3 is 2.46 bits per heavy atom. The quantitative estimate of drug-likeness (QED) is 0.287. The molecule has 0 aliphatic carbocycles. The average molecular weight is 533 g/mol. The van der Waals surface area contributed by atoms with Crippen LogP contribution < -0.4 is 10.3 Å². The third kappa shape index (κ3) is 5.20. The first-order chi connectivity index (χ1) is 16.7. The van der Waals surface area contributed by atoms with Crippen LogP contribution in [0.3, 0.4) is 0 Å². The number of nitrogens with zero attached hydrogens (tertiary/aromatic N) is 4. The minimum atomic E-state index is -0.188. The molecule has 0 amide bonds. The van der Waals surface area contributed by atoms with Crippen molar-refractivity contribution in [2.24, 2.45) is 0 Å². The van der Waals surface area contributed by atoms with E-state index >= 15 is 0 Å². The molecule has 0 unspecified atom stereocenters. The van der Waals surface area contributed by atoms with Crippen molar-refractivity contribution in [2.45, 2.75) is 54.1 Å². The van der Waals surface area contributed by atoms with Crippen molar-refractivity contribution < 1.29 is 4.74 Å². The number of aromatic nitrogens is 4. The third-order valence-electron chi connectivity index (χ3n) is 5.84. The molecule has 1 aromatic carbocycles. The summed E-state index contributed by atoms with van der Waals surface area (Å²) in [6.07, 6.45) is 3.61. The van der Waals surface area contributed by atoms with Crippen molar-refractivity contribution in [1.29, 1.82) is 0 Å². The molecule has 0 bridgehead atoms. The SMILES string of the molecule is Cc1cccc(COc2cc(C)n(-c3cc(-c4nc(C(C)C)ncc4C)ncc3C)c(=O)c2Br)c1. The zero-order valence-corrected chi connectivity index (χ0v) is 22.5. The number of halogens is 1. The van der Waals surface area contributed by atoms with Gasteiger partial charge in [-0.25, -0.2) is 9.97 Å². The molecule has 0 fully saturated rings. The average Bonchev–Trinajstić information content (AvgIpc) is 2.82. The van der Waals surface area contributed by atoms with Crippen LogP contribution >= 0.6 is 15.9 Å². The van der Waals surface area contributed by atoms with Crippen LogP contribution in [0.1, 0.15) is 53.5 Å². The monoisotopic (exact) mass is 532 g/mol. The van der Waals surface area contributed by atoms with E-state index < -0.39 is 0 Å². The number of hydrogen-bond donors (Lipinski definition) is 0. The van der Waals surface area contributed by atoms with E-state index in [4.69, 9.17) is 9.72 Å². The van der Waals surface area contributed by atoms with Crippen LogP contribution in [0.5, 0.6) is 5.75 Å². The molecule has 4 aromatic rings. The smallest absolute Gasteiger partial charge is 0.273 e. The van der Waals surface area contributed by atoms with Crippen molar-refractivity contribution in [1.82, 2.24) is 19.5 Å². The molecule has 3 aromatic heterocycles. The van der Waals surface area contributed by atoms with Crippen LogP contribution in [0, 0.1) is 27.7 Å². The van der Waals surface area contributed by atoms with Gasteiger partial charge in [-0.2, -0.15) is 0 Å². The van der Waals surface area contributed by atoms with Gasteiger partial charge in [0.05, 0.1) is 17.1 Å². The minimum Gasteiger partial charge on any atom is -0.487 e. The van der Waals surface area contributed by atoms with Crippen LogP contribution in [0.15, 0.2) is 58.1 Å². The maximum atomic E-state index is 13.5. The molecule has 0 aliphatic rings. The first-order valence-corrected chi connectivity index (χ1v) is 12.4. The highest BCUT2D eigenvalue weighted by Gasteiger charge is 2.18. The van der Waals surface area contributed by atoms with Gasteiger partial charge in [-0.05, 0) is 66.4 Å². The fourth-order valence-corrected chi connectivity index (χ4v) is 4.33. The summed E-state index contributed by atoms with van der Waals surface area (Å²) in [5.41, 5.74) is 6.84. The summed E-state index contributed by atoms with van der Waals surface area (Å²) in [5.74, 6) is 1.48. The van der Waals surface area contributed by atoms with Gasteiger partial charge in [0.25, 0.3) is 5.56 Å². The molecule has 0 N–H and O–H groups in total.